The third kappa shape index (κ3) is 4.15. The van der Waals surface area contributed by atoms with Crippen molar-refractivity contribution >= 4 is 17.3 Å². The first-order chi connectivity index (χ1) is 13.6. The van der Waals surface area contributed by atoms with Crippen LogP contribution in [0.3, 0.4) is 0 Å². The van der Waals surface area contributed by atoms with Crippen molar-refractivity contribution in [3.8, 4) is 0 Å². The topological polar surface area (TPSA) is 66.4 Å². The van der Waals surface area contributed by atoms with E-state index in [4.69, 9.17) is 0 Å². The van der Waals surface area contributed by atoms with Crippen LogP contribution in [0.15, 0.2) is 60.3 Å². The van der Waals surface area contributed by atoms with Gasteiger partial charge < -0.3 is 10.4 Å². The molecule has 2 N–H and O–H groups in total. The normalized spacial score (nSPS) is 26.6. The van der Waals surface area contributed by atoms with E-state index in [-0.39, 0.29) is 17.1 Å². The van der Waals surface area contributed by atoms with E-state index >= 15 is 0 Å². The van der Waals surface area contributed by atoms with Crippen molar-refractivity contribution in [1.29, 1.82) is 0 Å². The van der Waals surface area contributed by atoms with Crippen molar-refractivity contribution in [2.45, 2.75) is 39.2 Å². The third-order valence-corrected chi connectivity index (χ3v) is 5.61. The summed E-state index contributed by atoms with van der Waals surface area (Å²) >= 11 is 0. The molecule has 2 aromatic carbocycles. The van der Waals surface area contributed by atoms with E-state index < -0.39 is 29.2 Å². The Morgan fingerprint density at radius 3 is 2.21 bits per heavy atom. The van der Waals surface area contributed by atoms with E-state index in [1.54, 1.807) is 18.2 Å². The number of carbonyl (C=O) groups excluding carboxylic acids is 2. The van der Waals surface area contributed by atoms with E-state index in [0.29, 0.717) is 5.70 Å². The van der Waals surface area contributed by atoms with Crippen LogP contribution in [0.1, 0.15) is 37.8 Å². The first-order valence-corrected chi connectivity index (χ1v) is 9.66. The van der Waals surface area contributed by atoms with Crippen LogP contribution in [0, 0.1) is 24.6 Å². The number of Topliss-reactive ketones (excluding diaryl/α,β-unsaturated/α-hetero) is 2. The van der Waals surface area contributed by atoms with Crippen molar-refractivity contribution in [2.24, 2.45) is 11.8 Å². The first-order valence-electron chi connectivity index (χ1n) is 9.66. The van der Waals surface area contributed by atoms with Crippen LogP contribution in [0.4, 0.5) is 10.1 Å². The second kappa shape index (κ2) is 7.91. The number of rotatable bonds is 5. The molecule has 0 aliphatic heterocycles. The molecule has 0 heterocycles. The Balaban J connectivity index is 2.17. The van der Waals surface area contributed by atoms with Crippen molar-refractivity contribution in [3.63, 3.8) is 0 Å². The van der Waals surface area contributed by atoms with Gasteiger partial charge in [0.15, 0.2) is 0 Å². The molecule has 3 rings (SSSR count). The van der Waals surface area contributed by atoms with E-state index in [0.717, 1.165) is 11.3 Å². The quantitative estimate of drug-likeness (QED) is 0.788. The monoisotopic (exact) mass is 395 g/mol. The summed E-state index contributed by atoms with van der Waals surface area (Å²) in [6.45, 7) is 6.30. The number of hydrogen-bond acceptors (Lipinski definition) is 4. The van der Waals surface area contributed by atoms with E-state index in [2.05, 4.69) is 5.32 Å². The zero-order chi connectivity index (χ0) is 21.3. The van der Waals surface area contributed by atoms with Crippen LogP contribution in [0.2, 0.25) is 0 Å². The second-order valence-electron chi connectivity index (χ2n) is 8.04. The fourth-order valence-electron chi connectivity index (χ4n) is 4.40. The minimum Gasteiger partial charge on any atom is -0.385 e. The Labute approximate surface area is 170 Å². The predicted molar refractivity (Wildman–Crippen MR) is 111 cm³/mol. The lowest BCUT2D eigenvalue weighted by atomic mass is 9.62. The number of allylic oxidation sites excluding steroid dienone is 1. The van der Waals surface area contributed by atoms with Gasteiger partial charge in [-0.05, 0) is 57.5 Å². The van der Waals surface area contributed by atoms with Gasteiger partial charge in [-0.15, -0.1) is 0 Å². The zero-order valence-corrected chi connectivity index (χ0v) is 17.1. The molecule has 1 aliphatic rings. The van der Waals surface area contributed by atoms with Gasteiger partial charge in [0.05, 0.1) is 17.4 Å². The fourth-order valence-corrected chi connectivity index (χ4v) is 4.40. The minimum atomic E-state index is -1.54. The molecule has 0 saturated heterocycles. The number of aliphatic hydroxyl groups is 1. The highest BCUT2D eigenvalue weighted by Crippen LogP contribution is 2.48. The summed E-state index contributed by atoms with van der Waals surface area (Å²) in [7, 11) is 0. The molecule has 0 fully saturated rings. The van der Waals surface area contributed by atoms with Crippen molar-refractivity contribution in [3.05, 3.63) is 77.2 Å². The van der Waals surface area contributed by atoms with E-state index in [1.807, 2.05) is 31.2 Å². The molecule has 0 bridgehead atoms. The molecule has 4 nitrogen and oxygen atoms in total. The number of aryl methyl sites for hydroxylation is 1. The van der Waals surface area contributed by atoms with Gasteiger partial charge in [0.1, 0.15) is 17.4 Å². The van der Waals surface area contributed by atoms with Crippen LogP contribution in [-0.4, -0.2) is 22.3 Å². The van der Waals surface area contributed by atoms with E-state index in [1.165, 1.54) is 32.9 Å². The van der Waals surface area contributed by atoms with Gasteiger partial charge in [-0.2, -0.15) is 0 Å². The number of ketones is 2. The maximum Gasteiger partial charge on any atom is 0.139 e. The van der Waals surface area contributed by atoms with Gasteiger partial charge >= 0.3 is 0 Å². The smallest absolute Gasteiger partial charge is 0.139 e. The maximum absolute atomic E-state index is 14.8. The number of hydrogen-bond donors (Lipinski definition) is 2. The van der Waals surface area contributed by atoms with Gasteiger partial charge in [0.2, 0.25) is 0 Å². The average Bonchev–Trinajstić information content (AvgIpc) is 2.62. The molecule has 0 radical (unpaired) electrons. The largest absolute Gasteiger partial charge is 0.385 e. The fraction of sp³-hybridized carbons (Fsp3) is 0.333. The molecule has 0 amide bonds. The van der Waals surface area contributed by atoms with Gasteiger partial charge in [0, 0.05) is 17.3 Å². The highest BCUT2D eigenvalue weighted by atomic mass is 19.1. The highest BCUT2D eigenvalue weighted by Gasteiger charge is 2.51. The molecule has 0 spiro atoms. The minimum absolute atomic E-state index is 0.203. The summed E-state index contributed by atoms with van der Waals surface area (Å²) in [5, 5.41) is 14.4. The highest BCUT2D eigenvalue weighted by molar-refractivity contribution is 5.88. The van der Waals surface area contributed by atoms with Crippen LogP contribution >= 0.6 is 0 Å². The second-order valence-corrected chi connectivity index (χ2v) is 8.04. The first kappa shape index (κ1) is 20.9. The molecule has 29 heavy (non-hydrogen) atoms. The Morgan fingerprint density at radius 2 is 1.66 bits per heavy atom. The molecule has 5 heteroatoms. The molecule has 1 aliphatic carbocycles. The number of anilines is 1. The van der Waals surface area contributed by atoms with Crippen LogP contribution in [0.25, 0.3) is 0 Å². The number of benzene rings is 2. The summed E-state index contributed by atoms with van der Waals surface area (Å²) in [4.78, 5) is 25.3. The van der Waals surface area contributed by atoms with E-state index in [9.17, 15) is 19.1 Å². The third-order valence-electron chi connectivity index (χ3n) is 5.61. The molecule has 0 unspecified atom stereocenters. The Hall–Kier alpha value is -2.79. The van der Waals surface area contributed by atoms with Crippen LogP contribution in [-0.2, 0) is 9.59 Å². The lowest BCUT2D eigenvalue weighted by Gasteiger charge is -2.44. The lowest BCUT2D eigenvalue weighted by molar-refractivity contribution is -0.131. The van der Waals surface area contributed by atoms with Crippen molar-refractivity contribution < 1.29 is 19.1 Å². The Morgan fingerprint density at radius 1 is 1.03 bits per heavy atom. The van der Waals surface area contributed by atoms with Gasteiger partial charge in [-0.1, -0.05) is 35.9 Å². The number of carbonyl (C=O) groups is 2. The summed E-state index contributed by atoms with van der Waals surface area (Å²) in [5.41, 5.74) is 1.01. The van der Waals surface area contributed by atoms with Gasteiger partial charge in [-0.3, -0.25) is 9.59 Å². The Kier molecular flexibility index (Phi) is 5.71. The zero-order valence-electron chi connectivity index (χ0n) is 17.1. The molecular formula is C24H26FNO3. The predicted octanol–water partition coefficient (Wildman–Crippen LogP) is 4.39. The van der Waals surface area contributed by atoms with Gasteiger partial charge in [0.25, 0.3) is 0 Å². The molecule has 152 valence electrons. The number of nitrogens with one attached hydrogen (secondary N) is 1. The molecule has 4 atom stereocenters. The van der Waals surface area contributed by atoms with Crippen LogP contribution in [0.5, 0.6) is 0 Å². The molecular weight excluding hydrogens is 369 g/mol. The van der Waals surface area contributed by atoms with Crippen molar-refractivity contribution in [2.75, 3.05) is 5.32 Å². The SMILES string of the molecule is CC(=O)[C@@H]1C(Nc2ccc(C)cc2)=C[C@@](C)(O)[C@H](C(C)=O)[C@H]1c1ccccc1F. The number of halogens is 1. The molecule has 0 saturated carbocycles. The summed E-state index contributed by atoms with van der Waals surface area (Å²) in [5.74, 6) is -3.55. The molecule has 2 aromatic rings. The average molecular weight is 395 g/mol. The Bertz CT molecular complexity index is 962. The van der Waals surface area contributed by atoms with Gasteiger partial charge in [-0.25, -0.2) is 4.39 Å². The summed E-state index contributed by atoms with van der Waals surface area (Å²) in [6.07, 6.45) is 1.53. The van der Waals surface area contributed by atoms with Crippen LogP contribution < -0.4 is 5.32 Å². The standard InChI is InChI=1S/C24H26FNO3/c1-14-9-11-17(12-10-14)26-20-13-24(4,29)23(16(3)28)22(21(20)15(2)27)18-7-5-6-8-19(18)25/h5-13,21-23,26,29H,1-4H3/t21-,22+,23-,24-/m1/s1. The lowest BCUT2D eigenvalue weighted by Crippen LogP contribution is -2.49. The van der Waals surface area contributed by atoms with Crippen molar-refractivity contribution in [1.82, 2.24) is 0 Å². The summed E-state index contributed by atoms with van der Waals surface area (Å²) < 4.78 is 14.8. The molecule has 0 aromatic heterocycles. The summed E-state index contributed by atoms with van der Waals surface area (Å²) in [6, 6.07) is 13.7. The maximum atomic E-state index is 14.8.